The predicted molar refractivity (Wildman–Crippen MR) is 142 cm³/mol. The molecule has 0 aliphatic carbocycles. The smallest absolute Gasteiger partial charge is 0.300 e. The molecule has 0 aromatic heterocycles. The number of amides is 1. The maximum atomic E-state index is 13.5. The van der Waals surface area contributed by atoms with Crippen molar-refractivity contribution in [1.29, 1.82) is 0 Å². The normalized spacial score (nSPS) is 16.7. The van der Waals surface area contributed by atoms with Crippen molar-refractivity contribution in [3.05, 3.63) is 88.5 Å². The minimum Gasteiger partial charge on any atom is -0.507 e. The van der Waals surface area contributed by atoms with Gasteiger partial charge in [0, 0.05) is 11.8 Å². The number of hydrogen-bond donors (Lipinski definition) is 1. The van der Waals surface area contributed by atoms with Crippen molar-refractivity contribution in [2.75, 3.05) is 25.2 Å². The Labute approximate surface area is 216 Å². The van der Waals surface area contributed by atoms with Gasteiger partial charge in [-0.1, -0.05) is 36.4 Å². The van der Waals surface area contributed by atoms with Crippen LogP contribution in [-0.4, -0.2) is 37.1 Å². The second kappa shape index (κ2) is 10.8. The van der Waals surface area contributed by atoms with Crippen LogP contribution in [0.25, 0.3) is 5.76 Å². The summed E-state index contributed by atoms with van der Waals surface area (Å²) < 4.78 is 17.0. The summed E-state index contributed by atoms with van der Waals surface area (Å²) in [5.74, 6) is -0.354. The van der Waals surface area contributed by atoms with Gasteiger partial charge in [-0.25, -0.2) is 0 Å². The van der Waals surface area contributed by atoms with E-state index >= 15 is 0 Å². The summed E-state index contributed by atoms with van der Waals surface area (Å²) in [4.78, 5) is 28.5. The number of Topliss-reactive ketones (excluding diaryl/α,β-unsaturated/α-hetero) is 1. The van der Waals surface area contributed by atoms with Crippen molar-refractivity contribution < 1.29 is 28.9 Å². The van der Waals surface area contributed by atoms with E-state index < -0.39 is 17.7 Å². The zero-order valence-corrected chi connectivity index (χ0v) is 21.7. The fourth-order valence-corrected chi connectivity index (χ4v) is 4.79. The summed E-state index contributed by atoms with van der Waals surface area (Å²) in [5.41, 5.74) is 3.18. The molecule has 0 saturated carbocycles. The van der Waals surface area contributed by atoms with Crippen molar-refractivity contribution >= 4 is 23.1 Å². The minimum atomic E-state index is -0.862. The molecule has 7 nitrogen and oxygen atoms in total. The maximum Gasteiger partial charge on any atom is 0.300 e. The van der Waals surface area contributed by atoms with Crippen LogP contribution in [0.3, 0.4) is 0 Å². The second-order valence-corrected chi connectivity index (χ2v) is 8.74. The number of benzene rings is 3. The summed E-state index contributed by atoms with van der Waals surface area (Å²) in [7, 11) is 1.51. The van der Waals surface area contributed by atoms with Gasteiger partial charge < -0.3 is 19.3 Å². The minimum absolute atomic E-state index is 0.00801. The van der Waals surface area contributed by atoms with Gasteiger partial charge in [-0.3, -0.25) is 14.5 Å². The molecule has 1 heterocycles. The number of aliphatic hydroxyl groups excluding tert-OH is 1. The van der Waals surface area contributed by atoms with Crippen LogP contribution in [0.1, 0.15) is 42.1 Å². The molecule has 37 heavy (non-hydrogen) atoms. The fraction of sp³-hybridized carbons (Fsp3) is 0.267. The Morgan fingerprint density at radius 1 is 0.919 bits per heavy atom. The first-order valence-corrected chi connectivity index (χ1v) is 12.2. The van der Waals surface area contributed by atoms with Gasteiger partial charge in [-0.15, -0.1) is 0 Å². The monoisotopic (exact) mass is 501 g/mol. The van der Waals surface area contributed by atoms with Gasteiger partial charge in [0.05, 0.1) is 37.5 Å². The summed E-state index contributed by atoms with van der Waals surface area (Å²) in [6.07, 6.45) is 0. The molecule has 1 aliphatic heterocycles. The number of anilines is 1. The third-order valence-corrected chi connectivity index (χ3v) is 6.24. The molecule has 3 aromatic carbocycles. The van der Waals surface area contributed by atoms with Gasteiger partial charge in [-0.2, -0.15) is 0 Å². The first-order chi connectivity index (χ1) is 17.8. The van der Waals surface area contributed by atoms with Crippen LogP contribution < -0.4 is 19.1 Å². The number of carbonyl (C=O) groups is 2. The first-order valence-electron chi connectivity index (χ1n) is 12.2. The van der Waals surface area contributed by atoms with Gasteiger partial charge in [0.1, 0.15) is 11.5 Å². The highest BCUT2D eigenvalue weighted by molar-refractivity contribution is 6.51. The molecule has 1 fully saturated rings. The number of hydrogen-bond acceptors (Lipinski definition) is 6. The number of nitrogens with zero attached hydrogens (tertiary/aromatic N) is 1. The number of aliphatic hydroxyl groups is 1. The van der Waals surface area contributed by atoms with Gasteiger partial charge >= 0.3 is 0 Å². The van der Waals surface area contributed by atoms with E-state index in [0.29, 0.717) is 47.3 Å². The lowest BCUT2D eigenvalue weighted by Crippen LogP contribution is -2.29. The zero-order chi connectivity index (χ0) is 26.7. The molecular weight excluding hydrogens is 470 g/mol. The Hall–Kier alpha value is -4.26. The first kappa shape index (κ1) is 25.8. The standard InChI is InChI=1S/C30H31NO6/c1-6-36-23-14-13-21(17-24(23)37-7-2)31-26(20-11-9-8-10-12-20)25(28(33)30(31)34)27(32)22-16-18(3)15-19(4)29(22)35-5/h8-17,26,32H,6-7H2,1-5H3/b27-25+. The molecule has 1 aliphatic rings. The topological polar surface area (TPSA) is 85.3 Å². The SMILES string of the molecule is CCOc1ccc(N2C(=O)C(=O)/C(=C(/O)c3cc(C)cc(C)c3OC)C2c2ccccc2)cc1OCC. The number of rotatable bonds is 8. The summed E-state index contributed by atoms with van der Waals surface area (Å²) in [6.45, 7) is 8.34. The Morgan fingerprint density at radius 3 is 2.24 bits per heavy atom. The average Bonchev–Trinajstić information content (AvgIpc) is 3.15. The van der Waals surface area contributed by atoms with Crippen molar-refractivity contribution in [2.45, 2.75) is 33.7 Å². The third kappa shape index (κ3) is 4.77. The predicted octanol–water partition coefficient (Wildman–Crippen LogP) is 5.74. The molecule has 192 valence electrons. The lowest BCUT2D eigenvalue weighted by atomic mass is 9.93. The molecule has 1 saturated heterocycles. The van der Waals surface area contributed by atoms with Crippen molar-refractivity contribution in [1.82, 2.24) is 0 Å². The van der Waals surface area contributed by atoms with E-state index in [-0.39, 0.29) is 11.3 Å². The van der Waals surface area contributed by atoms with E-state index in [4.69, 9.17) is 14.2 Å². The highest BCUT2D eigenvalue weighted by Gasteiger charge is 2.47. The Kier molecular flexibility index (Phi) is 7.53. The number of carbonyl (C=O) groups excluding carboxylic acids is 2. The largest absolute Gasteiger partial charge is 0.507 e. The lowest BCUT2D eigenvalue weighted by Gasteiger charge is -2.26. The van der Waals surface area contributed by atoms with Gasteiger partial charge in [0.25, 0.3) is 11.7 Å². The third-order valence-electron chi connectivity index (χ3n) is 6.24. The van der Waals surface area contributed by atoms with Gasteiger partial charge in [0.15, 0.2) is 11.5 Å². The van der Waals surface area contributed by atoms with E-state index in [0.717, 1.165) is 11.1 Å². The van der Waals surface area contributed by atoms with Crippen LogP contribution in [0.2, 0.25) is 0 Å². The van der Waals surface area contributed by atoms with Crippen molar-refractivity contribution in [3.8, 4) is 17.2 Å². The molecule has 1 N–H and O–H groups in total. The quantitative estimate of drug-likeness (QED) is 0.241. The summed E-state index contributed by atoms with van der Waals surface area (Å²) in [6, 6.07) is 17.1. The molecule has 0 radical (unpaired) electrons. The Bertz CT molecular complexity index is 1360. The van der Waals surface area contributed by atoms with Crippen LogP contribution in [0.4, 0.5) is 5.69 Å². The second-order valence-electron chi connectivity index (χ2n) is 8.74. The van der Waals surface area contributed by atoms with E-state index in [1.807, 2.05) is 64.1 Å². The van der Waals surface area contributed by atoms with E-state index in [9.17, 15) is 14.7 Å². The van der Waals surface area contributed by atoms with Crippen LogP contribution in [0.15, 0.2) is 66.2 Å². The number of ketones is 1. The summed E-state index contributed by atoms with van der Waals surface area (Å²) >= 11 is 0. The number of methoxy groups -OCH3 is 1. The van der Waals surface area contributed by atoms with Gasteiger partial charge in [0.2, 0.25) is 0 Å². The highest BCUT2D eigenvalue weighted by Crippen LogP contribution is 2.45. The van der Waals surface area contributed by atoms with Crippen molar-refractivity contribution in [3.63, 3.8) is 0 Å². The van der Waals surface area contributed by atoms with Crippen LogP contribution >= 0.6 is 0 Å². The molecule has 3 aromatic rings. The molecule has 4 rings (SSSR count). The Morgan fingerprint density at radius 2 is 1.59 bits per heavy atom. The van der Waals surface area contributed by atoms with Crippen LogP contribution in [0, 0.1) is 13.8 Å². The molecule has 1 atom stereocenters. The molecule has 0 bridgehead atoms. The molecule has 7 heteroatoms. The Balaban J connectivity index is 1.96. The average molecular weight is 502 g/mol. The fourth-order valence-electron chi connectivity index (χ4n) is 4.79. The lowest BCUT2D eigenvalue weighted by molar-refractivity contribution is -0.132. The number of aryl methyl sites for hydroxylation is 2. The maximum absolute atomic E-state index is 13.5. The molecule has 1 amide bonds. The molecular formula is C30H31NO6. The van der Waals surface area contributed by atoms with E-state index in [2.05, 4.69) is 0 Å². The molecule has 1 unspecified atom stereocenters. The van der Waals surface area contributed by atoms with E-state index in [1.165, 1.54) is 12.0 Å². The number of ether oxygens (including phenoxy) is 3. The van der Waals surface area contributed by atoms with Crippen molar-refractivity contribution in [2.24, 2.45) is 0 Å². The summed E-state index contributed by atoms with van der Waals surface area (Å²) in [5, 5.41) is 11.6. The molecule has 0 spiro atoms. The zero-order valence-electron chi connectivity index (χ0n) is 21.7. The van der Waals surface area contributed by atoms with Gasteiger partial charge in [-0.05, 0) is 62.6 Å². The van der Waals surface area contributed by atoms with E-state index in [1.54, 1.807) is 24.3 Å². The van der Waals surface area contributed by atoms with Crippen LogP contribution in [-0.2, 0) is 9.59 Å². The van der Waals surface area contributed by atoms with Crippen LogP contribution in [0.5, 0.6) is 17.2 Å². The highest BCUT2D eigenvalue weighted by atomic mass is 16.5.